The molecule has 4 N–H and O–H groups in total. The fourth-order valence-corrected chi connectivity index (χ4v) is 3.08. The second kappa shape index (κ2) is 3.37. The summed E-state index contributed by atoms with van der Waals surface area (Å²) in [6.07, 6.45) is 0.0355. The molecular weight excluding hydrogens is 233 g/mol. The van der Waals surface area contributed by atoms with E-state index in [1.54, 1.807) is 12.1 Å². The van der Waals surface area contributed by atoms with Crippen molar-refractivity contribution in [1.82, 2.24) is 0 Å². The number of halogens is 1. The molecule has 1 fully saturated rings. The van der Waals surface area contributed by atoms with Gasteiger partial charge in [-0.2, -0.15) is 0 Å². The highest BCUT2D eigenvalue weighted by Gasteiger charge is 2.63. The van der Waals surface area contributed by atoms with Crippen molar-refractivity contribution in [1.29, 1.82) is 0 Å². The van der Waals surface area contributed by atoms with E-state index in [1.807, 2.05) is 6.92 Å². The Morgan fingerprint density at radius 1 is 1.39 bits per heavy atom. The van der Waals surface area contributed by atoms with Crippen LogP contribution in [0.25, 0.3) is 0 Å². The summed E-state index contributed by atoms with van der Waals surface area (Å²) in [5, 5.41) is 0. The van der Waals surface area contributed by atoms with Gasteiger partial charge >= 0.3 is 0 Å². The van der Waals surface area contributed by atoms with E-state index >= 15 is 0 Å². The van der Waals surface area contributed by atoms with Gasteiger partial charge < -0.3 is 16.2 Å². The highest BCUT2D eigenvalue weighted by atomic mass is 19.1. The molecule has 1 heterocycles. The Balaban J connectivity index is 2.13. The zero-order chi connectivity index (χ0) is 13.1. The topological polar surface area (TPSA) is 73.6 Å². The molecule has 1 aromatic carbocycles. The van der Waals surface area contributed by atoms with Crippen LogP contribution in [0.2, 0.25) is 0 Å². The number of benzene rings is 1. The summed E-state index contributed by atoms with van der Waals surface area (Å²) in [6, 6.07) is 4.69. The molecule has 1 aromatic rings. The molecule has 0 aromatic heterocycles. The predicted octanol–water partition coefficient (Wildman–Crippen LogP) is 1.60. The van der Waals surface area contributed by atoms with E-state index in [9.17, 15) is 4.39 Å². The molecule has 0 saturated heterocycles. The summed E-state index contributed by atoms with van der Waals surface area (Å²) in [6.45, 7) is 3.95. The third-order valence-corrected chi connectivity index (χ3v) is 4.08. The third-order valence-electron chi connectivity index (χ3n) is 4.08. The molecule has 0 radical (unpaired) electrons. The van der Waals surface area contributed by atoms with Crippen LogP contribution in [0.3, 0.4) is 0 Å². The average Bonchev–Trinajstić information content (AvgIpc) is 2.93. The molecular formula is C13H16FN3O. The number of hydrogen-bond donors (Lipinski definition) is 2. The predicted molar refractivity (Wildman–Crippen MR) is 67.3 cm³/mol. The largest absolute Gasteiger partial charge is 0.461 e. The first-order valence-corrected chi connectivity index (χ1v) is 6.01. The van der Waals surface area contributed by atoms with Crippen LogP contribution in [0.1, 0.15) is 19.4 Å². The van der Waals surface area contributed by atoms with Gasteiger partial charge in [0.05, 0.1) is 5.54 Å². The van der Waals surface area contributed by atoms with E-state index in [2.05, 4.69) is 11.9 Å². The van der Waals surface area contributed by atoms with Crippen molar-refractivity contribution in [3.05, 3.63) is 29.6 Å². The first-order chi connectivity index (χ1) is 8.43. The minimum atomic E-state index is -0.689. The second-order valence-corrected chi connectivity index (χ2v) is 5.30. The first-order valence-electron chi connectivity index (χ1n) is 6.01. The Bertz CT molecular complexity index is 545. The Labute approximate surface area is 105 Å². The lowest BCUT2D eigenvalue weighted by Crippen LogP contribution is -2.35. The molecule has 1 unspecified atom stereocenters. The van der Waals surface area contributed by atoms with E-state index in [4.69, 9.17) is 16.2 Å². The molecule has 1 aliphatic carbocycles. The maximum Gasteiger partial charge on any atom is 0.283 e. The summed E-state index contributed by atoms with van der Waals surface area (Å²) >= 11 is 0. The van der Waals surface area contributed by atoms with Crippen LogP contribution >= 0.6 is 0 Å². The minimum Gasteiger partial charge on any atom is -0.461 e. The summed E-state index contributed by atoms with van der Waals surface area (Å²) in [4.78, 5) is 4.34. The van der Waals surface area contributed by atoms with E-state index in [-0.39, 0.29) is 23.9 Å². The second-order valence-electron chi connectivity index (χ2n) is 5.30. The number of amidine groups is 1. The fourth-order valence-electron chi connectivity index (χ4n) is 3.08. The fraction of sp³-hybridized carbons (Fsp3) is 0.462. The maximum absolute atomic E-state index is 14.0. The lowest BCUT2D eigenvalue weighted by Gasteiger charge is -2.30. The van der Waals surface area contributed by atoms with Crippen LogP contribution in [0, 0.1) is 17.7 Å². The van der Waals surface area contributed by atoms with Crippen LogP contribution < -0.4 is 11.5 Å². The van der Waals surface area contributed by atoms with Gasteiger partial charge in [0.25, 0.3) is 6.02 Å². The molecule has 0 spiro atoms. The summed E-state index contributed by atoms with van der Waals surface area (Å²) in [7, 11) is 0. The molecule has 1 saturated carbocycles. The Morgan fingerprint density at radius 2 is 2.11 bits per heavy atom. The van der Waals surface area contributed by atoms with Crippen molar-refractivity contribution in [3.8, 4) is 0 Å². The van der Waals surface area contributed by atoms with Crippen LogP contribution in [0.15, 0.2) is 23.2 Å². The maximum atomic E-state index is 14.0. The molecule has 4 atom stereocenters. The average molecular weight is 249 g/mol. The molecule has 1 aliphatic heterocycles. The number of rotatable bonds is 1. The quantitative estimate of drug-likeness (QED) is 0.742. The number of hydrogen-bond acceptors (Lipinski definition) is 4. The van der Waals surface area contributed by atoms with Crippen molar-refractivity contribution in [2.75, 3.05) is 5.73 Å². The number of aliphatic imine (C=N–C) groups is 1. The molecule has 0 amide bonds. The third kappa shape index (κ3) is 1.39. The molecule has 18 heavy (non-hydrogen) atoms. The van der Waals surface area contributed by atoms with Crippen molar-refractivity contribution in [3.63, 3.8) is 0 Å². The number of fused-ring (bicyclic) bond motifs is 1. The molecule has 96 valence electrons. The molecule has 4 nitrogen and oxygen atoms in total. The van der Waals surface area contributed by atoms with Gasteiger partial charge in [0.1, 0.15) is 11.9 Å². The Kier molecular flexibility index (Phi) is 2.12. The van der Waals surface area contributed by atoms with Crippen molar-refractivity contribution < 1.29 is 9.13 Å². The normalized spacial score (nSPS) is 37.5. The first kappa shape index (κ1) is 11.3. The minimum absolute atomic E-state index is 0.0355. The molecule has 2 aliphatic rings. The van der Waals surface area contributed by atoms with Gasteiger partial charge in [-0.3, -0.25) is 0 Å². The van der Waals surface area contributed by atoms with Crippen molar-refractivity contribution in [2.24, 2.45) is 22.6 Å². The Hall–Kier alpha value is -1.78. The van der Waals surface area contributed by atoms with Crippen LogP contribution in [-0.4, -0.2) is 12.1 Å². The summed E-state index contributed by atoms with van der Waals surface area (Å²) < 4.78 is 19.5. The number of ether oxygens (including phenoxy) is 1. The molecule has 5 heteroatoms. The zero-order valence-corrected chi connectivity index (χ0v) is 10.4. The van der Waals surface area contributed by atoms with Gasteiger partial charge in [-0.15, -0.1) is 0 Å². The number of nitrogens with zero attached hydrogens (tertiary/aromatic N) is 1. The number of nitrogen functional groups attached to an aromatic ring is 1. The summed E-state index contributed by atoms with van der Waals surface area (Å²) in [5.41, 5.74) is 11.8. The van der Waals surface area contributed by atoms with E-state index in [1.165, 1.54) is 6.07 Å². The van der Waals surface area contributed by atoms with E-state index < -0.39 is 5.54 Å². The van der Waals surface area contributed by atoms with Gasteiger partial charge in [0, 0.05) is 23.1 Å². The Morgan fingerprint density at radius 3 is 2.83 bits per heavy atom. The van der Waals surface area contributed by atoms with E-state index in [0.29, 0.717) is 17.2 Å². The number of nitrogens with two attached hydrogens (primary N) is 2. The highest BCUT2D eigenvalue weighted by Crippen LogP contribution is 2.57. The highest BCUT2D eigenvalue weighted by molar-refractivity contribution is 5.74. The van der Waals surface area contributed by atoms with Gasteiger partial charge in [0.15, 0.2) is 0 Å². The van der Waals surface area contributed by atoms with Crippen LogP contribution in [-0.2, 0) is 10.3 Å². The summed E-state index contributed by atoms with van der Waals surface area (Å²) in [5.74, 6) is 0.171. The van der Waals surface area contributed by atoms with Gasteiger partial charge in [-0.1, -0.05) is 6.92 Å². The van der Waals surface area contributed by atoms with Crippen molar-refractivity contribution in [2.45, 2.75) is 25.5 Å². The lowest BCUT2D eigenvalue weighted by molar-refractivity contribution is 0.200. The SMILES string of the molecule is C[C@H]1C2[C@H]1OC(N)=N[C@@]2(C)c1cc(N)ccc1F. The molecule has 3 rings (SSSR count). The zero-order valence-electron chi connectivity index (χ0n) is 10.4. The standard InChI is InChI=1S/C13H16FN3O/c1-6-10-11(6)18-12(16)17-13(10,2)8-5-7(15)3-4-9(8)14/h3-6,10-11H,15H2,1-2H3,(H2,16,17)/t6-,10?,11-,13-/m0/s1. The monoisotopic (exact) mass is 249 g/mol. The van der Waals surface area contributed by atoms with Gasteiger partial charge in [-0.25, -0.2) is 9.38 Å². The van der Waals surface area contributed by atoms with Gasteiger partial charge in [0.2, 0.25) is 0 Å². The van der Waals surface area contributed by atoms with E-state index in [0.717, 1.165) is 0 Å². The smallest absolute Gasteiger partial charge is 0.283 e. The van der Waals surface area contributed by atoms with Crippen LogP contribution in [0.5, 0.6) is 0 Å². The number of anilines is 1. The van der Waals surface area contributed by atoms with Gasteiger partial charge in [-0.05, 0) is 25.1 Å². The molecule has 0 bridgehead atoms. The lowest BCUT2D eigenvalue weighted by atomic mass is 9.85. The van der Waals surface area contributed by atoms with Crippen molar-refractivity contribution >= 4 is 11.7 Å². The van der Waals surface area contributed by atoms with Crippen LogP contribution in [0.4, 0.5) is 10.1 Å².